The van der Waals surface area contributed by atoms with Crippen molar-refractivity contribution >= 4 is 21.9 Å². The molecule has 0 saturated carbocycles. The first kappa shape index (κ1) is 10.2. The molecule has 3 aromatic heterocycles. The van der Waals surface area contributed by atoms with Gasteiger partial charge in [0.05, 0.1) is 5.52 Å². The Bertz CT molecular complexity index is 841. The van der Waals surface area contributed by atoms with Crippen LogP contribution in [-0.4, -0.2) is 19.9 Å². The molecule has 0 amide bonds. The van der Waals surface area contributed by atoms with Crippen molar-refractivity contribution in [2.45, 2.75) is 0 Å². The molecule has 90 valence electrons. The minimum Gasteiger partial charge on any atom is -0.335 e. The zero-order valence-corrected chi connectivity index (χ0v) is 10.0. The second-order valence-corrected chi connectivity index (χ2v) is 4.34. The van der Waals surface area contributed by atoms with Crippen molar-refractivity contribution in [1.29, 1.82) is 0 Å². The molecule has 0 saturated heterocycles. The average molecular weight is 246 g/mol. The summed E-state index contributed by atoms with van der Waals surface area (Å²) in [4.78, 5) is 16.5. The van der Waals surface area contributed by atoms with Gasteiger partial charge < -0.3 is 4.98 Å². The van der Waals surface area contributed by atoms with Crippen molar-refractivity contribution in [2.75, 3.05) is 0 Å². The number of hydrogen-bond acceptors (Lipinski definition) is 3. The number of H-pyrrole nitrogens is 1. The number of aromatic amines is 1. The van der Waals surface area contributed by atoms with Gasteiger partial charge in [-0.1, -0.05) is 24.3 Å². The largest absolute Gasteiger partial charge is 0.335 e. The third kappa shape index (κ3) is 1.57. The van der Waals surface area contributed by atoms with Crippen molar-refractivity contribution in [3.8, 4) is 11.5 Å². The third-order valence-corrected chi connectivity index (χ3v) is 3.16. The quantitative estimate of drug-likeness (QED) is 0.561. The molecule has 4 rings (SSSR count). The Hall–Kier alpha value is -2.75. The molecule has 0 atom stereocenters. The molecule has 3 heterocycles. The summed E-state index contributed by atoms with van der Waals surface area (Å²) < 4.78 is 0. The SMILES string of the molecule is c1ccc2c(-c3nc4ncccc4[nH]3)nccc2c1. The lowest BCUT2D eigenvalue weighted by molar-refractivity contribution is 1.25. The highest BCUT2D eigenvalue weighted by molar-refractivity contribution is 5.94. The average Bonchev–Trinajstić information content (AvgIpc) is 2.90. The molecule has 4 nitrogen and oxygen atoms in total. The van der Waals surface area contributed by atoms with E-state index >= 15 is 0 Å². The molecule has 4 heteroatoms. The van der Waals surface area contributed by atoms with Gasteiger partial charge in [-0.15, -0.1) is 0 Å². The van der Waals surface area contributed by atoms with Gasteiger partial charge in [0.1, 0.15) is 5.69 Å². The Balaban J connectivity index is 2.03. The van der Waals surface area contributed by atoms with Crippen molar-refractivity contribution < 1.29 is 0 Å². The third-order valence-electron chi connectivity index (χ3n) is 3.16. The smallest absolute Gasteiger partial charge is 0.178 e. The van der Waals surface area contributed by atoms with Gasteiger partial charge in [-0.2, -0.15) is 0 Å². The summed E-state index contributed by atoms with van der Waals surface area (Å²) in [7, 11) is 0. The standard InChI is InChI=1S/C15H10N4/c1-2-5-11-10(4-1)7-9-16-13(11)15-18-12-6-3-8-17-14(12)19-15/h1-9H,(H,17,18,19). The Morgan fingerprint density at radius 3 is 2.74 bits per heavy atom. The van der Waals surface area contributed by atoms with Gasteiger partial charge in [0, 0.05) is 17.8 Å². The Morgan fingerprint density at radius 2 is 1.79 bits per heavy atom. The van der Waals surface area contributed by atoms with Crippen molar-refractivity contribution in [1.82, 2.24) is 19.9 Å². The molecule has 19 heavy (non-hydrogen) atoms. The molecule has 0 fully saturated rings. The van der Waals surface area contributed by atoms with E-state index in [0.29, 0.717) is 5.65 Å². The van der Waals surface area contributed by atoms with Crippen LogP contribution in [0.5, 0.6) is 0 Å². The van der Waals surface area contributed by atoms with Crippen LogP contribution in [0, 0.1) is 0 Å². The first-order valence-corrected chi connectivity index (χ1v) is 6.07. The maximum Gasteiger partial charge on any atom is 0.178 e. The summed E-state index contributed by atoms with van der Waals surface area (Å²) in [5.41, 5.74) is 2.50. The number of fused-ring (bicyclic) bond motifs is 2. The van der Waals surface area contributed by atoms with Crippen LogP contribution in [0.15, 0.2) is 54.9 Å². The van der Waals surface area contributed by atoms with Crippen molar-refractivity contribution in [3.63, 3.8) is 0 Å². The van der Waals surface area contributed by atoms with E-state index in [-0.39, 0.29) is 0 Å². The minimum atomic E-state index is 0.715. The number of imidazole rings is 1. The summed E-state index contributed by atoms with van der Waals surface area (Å²) >= 11 is 0. The number of nitrogens with one attached hydrogen (secondary N) is 1. The van der Waals surface area contributed by atoms with E-state index in [1.807, 2.05) is 30.3 Å². The number of hydrogen-bond donors (Lipinski definition) is 1. The summed E-state index contributed by atoms with van der Waals surface area (Å²) in [6, 6.07) is 14.0. The van der Waals surface area contributed by atoms with Crippen LogP contribution >= 0.6 is 0 Å². The molecule has 1 N–H and O–H groups in total. The van der Waals surface area contributed by atoms with E-state index in [0.717, 1.165) is 27.8 Å². The maximum absolute atomic E-state index is 4.50. The van der Waals surface area contributed by atoms with E-state index in [1.165, 1.54) is 0 Å². The Morgan fingerprint density at radius 1 is 0.842 bits per heavy atom. The fraction of sp³-hybridized carbons (Fsp3) is 0. The molecule has 1 aromatic carbocycles. The Labute approximate surface area is 109 Å². The number of pyridine rings is 2. The highest BCUT2D eigenvalue weighted by Crippen LogP contribution is 2.25. The van der Waals surface area contributed by atoms with Gasteiger partial charge in [0.15, 0.2) is 11.5 Å². The molecule has 0 bridgehead atoms. The van der Waals surface area contributed by atoms with Gasteiger partial charge in [0.25, 0.3) is 0 Å². The predicted octanol–water partition coefficient (Wildman–Crippen LogP) is 3.17. The lowest BCUT2D eigenvalue weighted by Gasteiger charge is -2.01. The first-order chi connectivity index (χ1) is 9.42. The molecular formula is C15H10N4. The van der Waals surface area contributed by atoms with Gasteiger partial charge in [-0.3, -0.25) is 4.98 Å². The molecular weight excluding hydrogens is 236 g/mol. The maximum atomic E-state index is 4.50. The van der Waals surface area contributed by atoms with Crippen LogP contribution in [0.3, 0.4) is 0 Å². The topological polar surface area (TPSA) is 54.5 Å². The summed E-state index contributed by atoms with van der Waals surface area (Å²) in [6.45, 7) is 0. The number of benzene rings is 1. The van der Waals surface area contributed by atoms with Crippen LogP contribution in [0.1, 0.15) is 0 Å². The predicted molar refractivity (Wildman–Crippen MR) is 74.6 cm³/mol. The van der Waals surface area contributed by atoms with Crippen LogP contribution < -0.4 is 0 Å². The zero-order chi connectivity index (χ0) is 12.7. The molecule has 0 aliphatic heterocycles. The summed E-state index contributed by atoms with van der Waals surface area (Å²) in [5.74, 6) is 0.755. The number of rotatable bonds is 1. The molecule has 0 radical (unpaired) electrons. The van der Waals surface area contributed by atoms with E-state index in [2.05, 4.69) is 32.1 Å². The number of nitrogens with zero attached hydrogens (tertiary/aromatic N) is 3. The normalized spacial score (nSPS) is 11.2. The molecule has 0 unspecified atom stereocenters. The summed E-state index contributed by atoms with van der Waals surface area (Å²) in [6.07, 6.45) is 3.54. The molecule has 0 aliphatic rings. The summed E-state index contributed by atoms with van der Waals surface area (Å²) in [5, 5.41) is 2.24. The van der Waals surface area contributed by atoms with Crippen LogP contribution in [-0.2, 0) is 0 Å². The van der Waals surface area contributed by atoms with Crippen LogP contribution in [0.4, 0.5) is 0 Å². The monoisotopic (exact) mass is 246 g/mol. The van der Waals surface area contributed by atoms with Gasteiger partial charge in [0.2, 0.25) is 0 Å². The van der Waals surface area contributed by atoms with E-state index in [4.69, 9.17) is 0 Å². The molecule has 0 spiro atoms. The fourth-order valence-corrected chi connectivity index (χ4v) is 2.27. The lowest BCUT2D eigenvalue weighted by Crippen LogP contribution is -1.87. The fourth-order valence-electron chi connectivity index (χ4n) is 2.27. The van der Waals surface area contributed by atoms with E-state index < -0.39 is 0 Å². The number of aromatic nitrogens is 4. The highest BCUT2D eigenvalue weighted by Gasteiger charge is 2.09. The van der Waals surface area contributed by atoms with Crippen LogP contribution in [0.25, 0.3) is 33.5 Å². The van der Waals surface area contributed by atoms with Crippen LogP contribution in [0.2, 0.25) is 0 Å². The van der Waals surface area contributed by atoms with E-state index in [9.17, 15) is 0 Å². The van der Waals surface area contributed by atoms with Gasteiger partial charge in [-0.25, -0.2) is 9.97 Å². The van der Waals surface area contributed by atoms with Crippen molar-refractivity contribution in [3.05, 3.63) is 54.9 Å². The zero-order valence-electron chi connectivity index (χ0n) is 10.0. The van der Waals surface area contributed by atoms with Gasteiger partial charge in [-0.05, 0) is 23.6 Å². The lowest BCUT2D eigenvalue weighted by atomic mass is 10.1. The van der Waals surface area contributed by atoms with Gasteiger partial charge >= 0.3 is 0 Å². The highest BCUT2D eigenvalue weighted by atomic mass is 15.0. The Kier molecular flexibility index (Phi) is 2.08. The second-order valence-electron chi connectivity index (χ2n) is 4.34. The second kappa shape index (κ2) is 3.88. The minimum absolute atomic E-state index is 0.715. The van der Waals surface area contributed by atoms with E-state index in [1.54, 1.807) is 12.4 Å². The molecule has 0 aliphatic carbocycles. The first-order valence-electron chi connectivity index (χ1n) is 6.07. The van der Waals surface area contributed by atoms with Crippen molar-refractivity contribution in [2.24, 2.45) is 0 Å². The molecule has 4 aromatic rings.